The van der Waals surface area contributed by atoms with Crippen LogP contribution in [0.4, 0.5) is 0 Å². The van der Waals surface area contributed by atoms with Gasteiger partial charge in [-0.25, -0.2) is 0 Å². The molecule has 0 amide bonds. The van der Waals surface area contributed by atoms with Gasteiger partial charge in [0.05, 0.1) is 0 Å². The Labute approximate surface area is 127 Å². The topological polar surface area (TPSA) is 3.24 Å². The lowest BCUT2D eigenvalue weighted by Gasteiger charge is -2.35. The van der Waals surface area contributed by atoms with Crippen LogP contribution in [0.5, 0.6) is 0 Å². The van der Waals surface area contributed by atoms with E-state index in [1.54, 1.807) is 22.3 Å². The van der Waals surface area contributed by atoms with E-state index in [9.17, 15) is 0 Å². The number of nitrogens with zero attached hydrogens (tertiary/aromatic N) is 1. The van der Waals surface area contributed by atoms with Gasteiger partial charge in [-0.1, -0.05) is 48.5 Å². The summed E-state index contributed by atoms with van der Waals surface area (Å²) in [4.78, 5) is 2.35. The van der Waals surface area contributed by atoms with E-state index >= 15 is 0 Å². The van der Waals surface area contributed by atoms with E-state index in [4.69, 9.17) is 0 Å². The van der Waals surface area contributed by atoms with Crippen molar-refractivity contribution in [2.75, 3.05) is 14.1 Å². The molecule has 1 unspecified atom stereocenters. The molecule has 2 aliphatic carbocycles. The number of hydrogen-bond acceptors (Lipinski definition) is 1. The average Bonchev–Trinajstić information content (AvgIpc) is 3.00. The molecule has 0 spiro atoms. The van der Waals surface area contributed by atoms with E-state index < -0.39 is 0 Å². The molecule has 0 fully saturated rings. The van der Waals surface area contributed by atoms with Crippen molar-refractivity contribution in [1.29, 1.82) is 0 Å². The number of rotatable bonds is 3. The highest BCUT2D eigenvalue weighted by Crippen LogP contribution is 2.61. The first-order valence-corrected chi connectivity index (χ1v) is 7.99. The zero-order valence-corrected chi connectivity index (χ0v) is 13.1. The maximum atomic E-state index is 2.37. The van der Waals surface area contributed by atoms with E-state index in [-0.39, 0.29) is 5.41 Å². The molecule has 1 heteroatoms. The molecular formula is C20H23N. The summed E-state index contributed by atoms with van der Waals surface area (Å²) in [6, 6.07) is 18.8. The van der Waals surface area contributed by atoms with Gasteiger partial charge < -0.3 is 4.90 Å². The highest BCUT2D eigenvalue weighted by atomic mass is 15.1. The summed E-state index contributed by atoms with van der Waals surface area (Å²) in [5.74, 6) is 0.617. The van der Waals surface area contributed by atoms with Gasteiger partial charge in [0, 0.05) is 17.4 Å². The highest BCUT2D eigenvalue weighted by Gasteiger charge is 2.52. The molecule has 0 aliphatic heterocycles. The predicted octanol–water partition coefficient (Wildman–Crippen LogP) is 4.16. The Balaban J connectivity index is 1.90. The minimum atomic E-state index is 0.238. The largest absolute Gasteiger partial charge is 0.307 e. The third kappa shape index (κ3) is 1.67. The molecule has 0 radical (unpaired) electrons. The lowest BCUT2D eigenvalue weighted by Crippen LogP contribution is -2.35. The molecule has 0 saturated heterocycles. The molecule has 2 aromatic carbocycles. The lowest BCUT2D eigenvalue weighted by atomic mass is 9.71. The van der Waals surface area contributed by atoms with Crippen molar-refractivity contribution < 1.29 is 0 Å². The first kappa shape index (κ1) is 13.1. The fourth-order valence-corrected chi connectivity index (χ4v) is 4.56. The highest BCUT2D eigenvalue weighted by molar-refractivity contribution is 5.62. The summed E-state index contributed by atoms with van der Waals surface area (Å²) in [5, 5.41) is 0. The molecule has 4 rings (SSSR count). The Kier molecular flexibility index (Phi) is 2.77. The van der Waals surface area contributed by atoms with Crippen molar-refractivity contribution in [3.8, 4) is 0 Å². The second-order valence-electron chi connectivity index (χ2n) is 7.03. The van der Waals surface area contributed by atoms with Crippen molar-refractivity contribution in [2.24, 2.45) is 0 Å². The van der Waals surface area contributed by atoms with Crippen LogP contribution in [0.2, 0.25) is 0 Å². The fraction of sp³-hybridized carbons (Fsp3) is 0.400. The van der Waals surface area contributed by atoms with Crippen LogP contribution in [0.3, 0.4) is 0 Å². The Bertz CT molecular complexity index is 638. The summed E-state index contributed by atoms with van der Waals surface area (Å²) in [6.07, 6.45) is 2.48. The average molecular weight is 277 g/mol. The van der Waals surface area contributed by atoms with Crippen LogP contribution < -0.4 is 0 Å². The summed E-state index contributed by atoms with van der Waals surface area (Å²) in [7, 11) is 4.39. The molecule has 1 atom stereocenters. The van der Waals surface area contributed by atoms with Gasteiger partial charge in [0.1, 0.15) is 0 Å². The summed E-state index contributed by atoms with van der Waals surface area (Å²) >= 11 is 0. The maximum Gasteiger partial charge on any atom is 0.0232 e. The minimum Gasteiger partial charge on any atom is -0.307 e. The predicted molar refractivity (Wildman–Crippen MR) is 87.9 cm³/mol. The molecule has 0 heterocycles. The van der Waals surface area contributed by atoms with Gasteiger partial charge in [0.15, 0.2) is 0 Å². The van der Waals surface area contributed by atoms with E-state index in [0.717, 1.165) is 0 Å². The van der Waals surface area contributed by atoms with E-state index in [2.05, 4.69) is 74.4 Å². The zero-order chi connectivity index (χ0) is 14.6. The van der Waals surface area contributed by atoms with Gasteiger partial charge in [0.25, 0.3) is 0 Å². The van der Waals surface area contributed by atoms with Gasteiger partial charge in [-0.05, 0) is 56.1 Å². The third-order valence-corrected chi connectivity index (χ3v) is 5.78. The third-order valence-electron chi connectivity index (χ3n) is 5.78. The van der Waals surface area contributed by atoms with Gasteiger partial charge in [0.2, 0.25) is 0 Å². The van der Waals surface area contributed by atoms with Gasteiger partial charge in [-0.2, -0.15) is 0 Å². The Morgan fingerprint density at radius 3 is 2.05 bits per heavy atom. The smallest absolute Gasteiger partial charge is 0.0232 e. The number of hydrogen-bond donors (Lipinski definition) is 0. The Morgan fingerprint density at radius 1 is 1.00 bits per heavy atom. The lowest BCUT2D eigenvalue weighted by molar-refractivity contribution is 0.259. The van der Waals surface area contributed by atoms with Crippen LogP contribution in [-0.4, -0.2) is 25.0 Å². The number of benzene rings is 2. The zero-order valence-electron chi connectivity index (χ0n) is 13.1. The van der Waals surface area contributed by atoms with Crippen LogP contribution >= 0.6 is 0 Å². The van der Waals surface area contributed by atoms with Crippen molar-refractivity contribution in [2.45, 2.75) is 37.1 Å². The molecule has 0 aromatic heterocycles. The van der Waals surface area contributed by atoms with Crippen LogP contribution in [-0.2, 0) is 5.41 Å². The van der Waals surface area contributed by atoms with Crippen LogP contribution in [0.15, 0.2) is 48.5 Å². The van der Waals surface area contributed by atoms with Crippen molar-refractivity contribution in [3.05, 3.63) is 70.8 Å². The second-order valence-corrected chi connectivity index (χ2v) is 7.03. The Morgan fingerprint density at radius 2 is 1.52 bits per heavy atom. The van der Waals surface area contributed by atoms with Crippen molar-refractivity contribution >= 4 is 0 Å². The van der Waals surface area contributed by atoms with Crippen molar-refractivity contribution in [1.82, 2.24) is 4.90 Å². The van der Waals surface area contributed by atoms with Crippen LogP contribution in [0, 0.1) is 0 Å². The van der Waals surface area contributed by atoms with Gasteiger partial charge in [-0.3, -0.25) is 0 Å². The quantitative estimate of drug-likeness (QED) is 0.814. The standard InChI is InChI=1S/C20H23N/c1-14(21(2)3)12-20-13-17(15-8-4-6-10-18(15)20)16-9-5-7-11-19(16)20/h4-11,14,17H,12-13H2,1-3H3. The molecular weight excluding hydrogens is 254 g/mol. The van der Waals surface area contributed by atoms with Gasteiger partial charge in [-0.15, -0.1) is 0 Å². The SMILES string of the molecule is CC(CC12CC(c3ccccc31)c1ccccc12)N(C)C. The second kappa shape index (κ2) is 4.45. The maximum absolute atomic E-state index is 2.37. The Hall–Kier alpha value is -1.60. The molecule has 2 aliphatic rings. The van der Waals surface area contributed by atoms with Gasteiger partial charge >= 0.3 is 0 Å². The minimum absolute atomic E-state index is 0.238. The fourth-order valence-electron chi connectivity index (χ4n) is 4.56. The molecule has 0 N–H and O–H groups in total. The summed E-state index contributed by atoms with van der Waals surface area (Å²) in [5.41, 5.74) is 6.55. The first-order chi connectivity index (χ1) is 10.1. The summed E-state index contributed by atoms with van der Waals surface area (Å²) in [6.45, 7) is 2.35. The molecule has 1 nitrogen and oxygen atoms in total. The first-order valence-electron chi connectivity index (χ1n) is 7.99. The molecule has 0 saturated carbocycles. The monoisotopic (exact) mass is 277 g/mol. The van der Waals surface area contributed by atoms with E-state index in [0.29, 0.717) is 12.0 Å². The van der Waals surface area contributed by atoms with E-state index in [1.807, 2.05) is 0 Å². The molecule has 21 heavy (non-hydrogen) atoms. The molecule has 2 aromatic rings. The molecule has 2 bridgehead atoms. The normalized spacial score (nSPS) is 26.8. The van der Waals surface area contributed by atoms with E-state index in [1.165, 1.54) is 12.8 Å². The van der Waals surface area contributed by atoms with Crippen molar-refractivity contribution in [3.63, 3.8) is 0 Å². The van der Waals surface area contributed by atoms with Crippen LogP contribution in [0.25, 0.3) is 0 Å². The summed E-state index contributed by atoms with van der Waals surface area (Å²) < 4.78 is 0. The number of fused-ring (bicyclic) bond motifs is 8. The van der Waals surface area contributed by atoms with Crippen LogP contribution in [0.1, 0.15) is 47.9 Å². The molecule has 108 valence electrons.